The molecule has 0 radical (unpaired) electrons. The number of rotatable bonds is 1. The molecule has 4 heteroatoms. The summed E-state index contributed by atoms with van der Waals surface area (Å²) in [5.41, 5.74) is -0.570. The first kappa shape index (κ1) is 10.6. The standard InChI is InChI=1S/C10H15F2N.ClH/c11-10(12)8(7-1-2-7)9(10)3-5-13-6-4-9;/h7-8,13H,1-6H2;1H. The summed E-state index contributed by atoms with van der Waals surface area (Å²) in [6.45, 7) is 1.58. The minimum Gasteiger partial charge on any atom is -0.317 e. The van der Waals surface area contributed by atoms with Crippen LogP contribution in [0.25, 0.3) is 0 Å². The largest absolute Gasteiger partial charge is 0.317 e. The highest BCUT2D eigenvalue weighted by atomic mass is 35.5. The third-order valence-corrected chi connectivity index (χ3v) is 4.16. The lowest BCUT2D eigenvalue weighted by Gasteiger charge is -2.22. The van der Waals surface area contributed by atoms with Crippen molar-refractivity contribution >= 4 is 12.4 Å². The molecule has 1 atom stereocenters. The topological polar surface area (TPSA) is 12.0 Å². The quantitative estimate of drug-likeness (QED) is 0.720. The lowest BCUT2D eigenvalue weighted by Crippen LogP contribution is -2.32. The summed E-state index contributed by atoms with van der Waals surface area (Å²) < 4.78 is 27.2. The van der Waals surface area contributed by atoms with Gasteiger partial charge in [-0.1, -0.05) is 0 Å². The van der Waals surface area contributed by atoms with Gasteiger partial charge in [0.2, 0.25) is 0 Å². The number of hydrogen-bond acceptors (Lipinski definition) is 1. The van der Waals surface area contributed by atoms with Gasteiger partial charge in [0.25, 0.3) is 5.92 Å². The lowest BCUT2D eigenvalue weighted by molar-refractivity contribution is 0.0451. The Morgan fingerprint density at radius 2 is 1.64 bits per heavy atom. The van der Waals surface area contributed by atoms with Gasteiger partial charge in [-0.25, -0.2) is 8.78 Å². The van der Waals surface area contributed by atoms with Gasteiger partial charge in [0.05, 0.1) is 0 Å². The minimum absolute atomic E-state index is 0. The number of halogens is 3. The summed E-state index contributed by atoms with van der Waals surface area (Å²) in [5.74, 6) is -2.20. The molecule has 2 aliphatic carbocycles. The third-order valence-electron chi connectivity index (χ3n) is 4.16. The smallest absolute Gasteiger partial charge is 0.258 e. The van der Waals surface area contributed by atoms with Crippen molar-refractivity contribution in [1.29, 1.82) is 0 Å². The lowest BCUT2D eigenvalue weighted by atomic mass is 9.90. The van der Waals surface area contributed by atoms with Gasteiger partial charge in [0.1, 0.15) is 0 Å². The number of hydrogen-bond donors (Lipinski definition) is 1. The van der Waals surface area contributed by atoms with Crippen LogP contribution in [0.5, 0.6) is 0 Å². The van der Waals surface area contributed by atoms with Crippen LogP contribution < -0.4 is 5.32 Å². The summed E-state index contributed by atoms with van der Waals surface area (Å²) >= 11 is 0. The molecule has 82 valence electrons. The van der Waals surface area contributed by atoms with Crippen molar-refractivity contribution in [2.24, 2.45) is 17.3 Å². The Balaban J connectivity index is 0.000000750. The molecule has 1 unspecified atom stereocenters. The van der Waals surface area contributed by atoms with Crippen LogP contribution in [-0.4, -0.2) is 19.0 Å². The van der Waals surface area contributed by atoms with E-state index < -0.39 is 11.3 Å². The van der Waals surface area contributed by atoms with E-state index in [-0.39, 0.29) is 18.3 Å². The van der Waals surface area contributed by atoms with E-state index in [1.165, 1.54) is 0 Å². The van der Waals surface area contributed by atoms with Crippen molar-refractivity contribution in [3.63, 3.8) is 0 Å². The van der Waals surface area contributed by atoms with Gasteiger partial charge >= 0.3 is 0 Å². The highest BCUT2D eigenvalue weighted by Crippen LogP contribution is 2.76. The van der Waals surface area contributed by atoms with Crippen molar-refractivity contribution in [2.75, 3.05) is 13.1 Å². The van der Waals surface area contributed by atoms with E-state index in [1.54, 1.807) is 0 Å². The average molecular weight is 224 g/mol. The van der Waals surface area contributed by atoms with E-state index >= 15 is 0 Å². The summed E-state index contributed by atoms with van der Waals surface area (Å²) in [6, 6.07) is 0. The van der Waals surface area contributed by atoms with Gasteiger partial charge in [-0.05, 0) is 44.7 Å². The van der Waals surface area contributed by atoms with E-state index in [2.05, 4.69) is 5.32 Å². The zero-order valence-corrected chi connectivity index (χ0v) is 8.88. The summed E-state index contributed by atoms with van der Waals surface area (Å²) in [5, 5.41) is 3.16. The first-order chi connectivity index (χ1) is 6.18. The van der Waals surface area contributed by atoms with E-state index in [4.69, 9.17) is 0 Å². The number of piperidine rings is 1. The van der Waals surface area contributed by atoms with Gasteiger partial charge in [0.15, 0.2) is 0 Å². The van der Waals surface area contributed by atoms with Crippen molar-refractivity contribution in [2.45, 2.75) is 31.6 Å². The second kappa shape index (κ2) is 3.05. The predicted molar refractivity (Wildman–Crippen MR) is 52.9 cm³/mol. The second-order valence-corrected chi connectivity index (χ2v) is 4.84. The molecule has 1 saturated heterocycles. The van der Waals surface area contributed by atoms with Crippen molar-refractivity contribution < 1.29 is 8.78 Å². The van der Waals surface area contributed by atoms with E-state index in [0.717, 1.165) is 25.9 Å². The van der Waals surface area contributed by atoms with Crippen molar-refractivity contribution in [3.8, 4) is 0 Å². The molecule has 0 bridgehead atoms. The Bertz CT molecular complexity index is 234. The molecule has 3 rings (SSSR count). The zero-order valence-electron chi connectivity index (χ0n) is 8.06. The Hall–Kier alpha value is 0.110. The molecular weight excluding hydrogens is 208 g/mol. The monoisotopic (exact) mass is 223 g/mol. The first-order valence-electron chi connectivity index (χ1n) is 5.27. The van der Waals surface area contributed by atoms with E-state index in [9.17, 15) is 8.78 Å². The highest BCUT2D eigenvalue weighted by molar-refractivity contribution is 5.85. The SMILES string of the molecule is Cl.FC1(F)C(C2CC2)C12CCNCC2. The first-order valence-corrected chi connectivity index (χ1v) is 5.27. The molecule has 3 aliphatic rings. The fourth-order valence-corrected chi connectivity index (χ4v) is 3.23. The van der Waals surface area contributed by atoms with Crippen LogP contribution in [0.4, 0.5) is 8.78 Å². The van der Waals surface area contributed by atoms with Crippen molar-refractivity contribution in [3.05, 3.63) is 0 Å². The molecule has 1 spiro atoms. The molecule has 0 aromatic heterocycles. The van der Waals surface area contributed by atoms with Crippen LogP contribution in [0, 0.1) is 17.3 Å². The molecule has 0 amide bonds. The third kappa shape index (κ3) is 1.15. The maximum Gasteiger partial charge on any atom is 0.258 e. The van der Waals surface area contributed by atoms with Gasteiger partial charge in [-0.2, -0.15) is 0 Å². The van der Waals surface area contributed by atoms with Crippen LogP contribution in [0.15, 0.2) is 0 Å². The van der Waals surface area contributed by atoms with Crippen LogP contribution >= 0.6 is 12.4 Å². The van der Waals surface area contributed by atoms with Crippen LogP contribution in [0.1, 0.15) is 25.7 Å². The predicted octanol–water partition coefficient (Wildman–Crippen LogP) is 2.45. The maximum absolute atomic E-state index is 13.6. The summed E-state index contributed by atoms with van der Waals surface area (Å²) in [4.78, 5) is 0. The molecule has 14 heavy (non-hydrogen) atoms. The molecular formula is C10H16ClF2N. The Labute approximate surface area is 89.0 Å². The molecule has 0 aromatic carbocycles. The fourth-order valence-electron chi connectivity index (χ4n) is 3.23. The van der Waals surface area contributed by atoms with Gasteiger partial charge < -0.3 is 5.32 Å². The minimum atomic E-state index is -2.32. The van der Waals surface area contributed by atoms with Crippen LogP contribution in [-0.2, 0) is 0 Å². The average Bonchev–Trinajstić information content (AvgIpc) is 2.96. The number of alkyl halides is 2. The van der Waals surface area contributed by atoms with Crippen LogP contribution in [0.2, 0.25) is 0 Å². The zero-order chi connectivity index (χ0) is 9.10. The Morgan fingerprint density at radius 3 is 2.14 bits per heavy atom. The molecule has 1 nitrogen and oxygen atoms in total. The summed E-state index contributed by atoms with van der Waals surface area (Å²) in [7, 11) is 0. The molecule has 3 fully saturated rings. The Morgan fingerprint density at radius 1 is 1.07 bits per heavy atom. The molecule has 1 aliphatic heterocycles. The second-order valence-electron chi connectivity index (χ2n) is 4.84. The summed E-state index contributed by atoms with van der Waals surface area (Å²) in [6.07, 6.45) is 3.49. The maximum atomic E-state index is 13.6. The van der Waals surface area contributed by atoms with Gasteiger partial charge in [-0.15, -0.1) is 12.4 Å². The van der Waals surface area contributed by atoms with Crippen LogP contribution in [0.3, 0.4) is 0 Å². The molecule has 1 heterocycles. The van der Waals surface area contributed by atoms with E-state index in [1.807, 2.05) is 0 Å². The van der Waals surface area contributed by atoms with E-state index in [0.29, 0.717) is 18.8 Å². The number of nitrogens with one attached hydrogen (secondary N) is 1. The van der Waals surface area contributed by atoms with Crippen molar-refractivity contribution in [1.82, 2.24) is 5.32 Å². The van der Waals surface area contributed by atoms with Gasteiger partial charge in [0, 0.05) is 11.3 Å². The molecule has 2 saturated carbocycles. The highest BCUT2D eigenvalue weighted by Gasteiger charge is 2.82. The van der Waals surface area contributed by atoms with Gasteiger partial charge in [-0.3, -0.25) is 0 Å². The fraction of sp³-hybridized carbons (Fsp3) is 1.00. The normalized spacial score (nSPS) is 37.7. The molecule has 0 aromatic rings. The molecule has 1 N–H and O–H groups in total. The Kier molecular flexibility index (Phi) is 2.31.